The maximum atomic E-state index is 12.4. The zero-order chi connectivity index (χ0) is 14.3. The van der Waals surface area contributed by atoms with Crippen LogP contribution in [0.1, 0.15) is 55.4 Å². The monoisotopic (exact) mass is 254 g/mol. The Morgan fingerprint density at radius 3 is 1.83 bits per heavy atom. The number of hydrogen-bond acceptors (Lipinski definition) is 2. The molecule has 1 unspecified atom stereocenters. The standard InChI is InChI=1S/C15H30N2O/c1-11-10-17(15(6,7)8)12(2)9-16(11)13(18)14(3,4)5/h11-12H,9-10H2,1-8H3/t11?,12-/m1/s1. The lowest BCUT2D eigenvalue weighted by Crippen LogP contribution is -2.63. The van der Waals surface area contributed by atoms with E-state index in [2.05, 4.69) is 44.4 Å². The van der Waals surface area contributed by atoms with Crippen molar-refractivity contribution >= 4 is 5.91 Å². The van der Waals surface area contributed by atoms with Crippen molar-refractivity contribution in [1.29, 1.82) is 0 Å². The Kier molecular flexibility index (Phi) is 4.16. The summed E-state index contributed by atoms with van der Waals surface area (Å²) in [6.07, 6.45) is 0. The highest BCUT2D eigenvalue weighted by Crippen LogP contribution is 2.27. The fraction of sp³-hybridized carbons (Fsp3) is 0.933. The number of carbonyl (C=O) groups excluding carboxylic acids is 1. The first-order chi connectivity index (χ1) is 7.94. The summed E-state index contributed by atoms with van der Waals surface area (Å²) in [5.74, 6) is 0.274. The molecule has 1 amide bonds. The summed E-state index contributed by atoms with van der Waals surface area (Å²) in [5.41, 5.74) is -0.109. The van der Waals surface area contributed by atoms with Crippen LogP contribution in [-0.2, 0) is 4.79 Å². The molecule has 3 heteroatoms. The highest BCUT2D eigenvalue weighted by Gasteiger charge is 2.39. The predicted octanol–water partition coefficient (Wildman–Crippen LogP) is 2.75. The maximum Gasteiger partial charge on any atom is 0.228 e. The van der Waals surface area contributed by atoms with Gasteiger partial charge in [0.25, 0.3) is 0 Å². The zero-order valence-electron chi connectivity index (χ0n) is 13.4. The van der Waals surface area contributed by atoms with Gasteiger partial charge in [-0.1, -0.05) is 20.8 Å². The number of rotatable bonds is 0. The summed E-state index contributed by atoms with van der Waals surface area (Å²) in [5, 5.41) is 0. The van der Waals surface area contributed by atoms with E-state index in [4.69, 9.17) is 0 Å². The Balaban J connectivity index is 2.84. The Bertz CT molecular complexity index is 311. The van der Waals surface area contributed by atoms with Crippen molar-refractivity contribution in [3.8, 4) is 0 Å². The second kappa shape index (κ2) is 4.84. The molecule has 0 aromatic carbocycles. The normalized spacial score (nSPS) is 27.4. The van der Waals surface area contributed by atoms with Crippen LogP contribution in [0.2, 0.25) is 0 Å². The predicted molar refractivity (Wildman–Crippen MR) is 76.6 cm³/mol. The molecular formula is C15H30N2O. The molecule has 0 bridgehead atoms. The van der Waals surface area contributed by atoms with Crippen LogP contribution in [0.5, 0.6) is 0 Å². The van der Waals surface area contributed by atoms with Gasteiger partial charge in [-0.3, -0.25) is 9.69 Å². The zero-order valence-corrected chi connectivity index (χ0v) is 13.4. The third kappa shape index (κ3) is 3.25. The van der Waals surface area contributed by atoms with Gasteiger partial charge in [0.15, 0.2) is 0 Å². The first-order valence-corrected chi connectivity index (χ1v) is 7.02. The molecule has 1 saturated heterocycles. The van der Waals surface area contributed by atoms with Crippen LogP contribution in [0, 0.1) is 5.41 Å². The number of amides is 1. The minimum absolute atomic E-state index is 0.171. The van der Waals surface area contributed by atoms with Gasteiger partial charge in [-0.25, -0.2) is 0 Å². The van der Waals surface area contributed by atoms with Gasteiger partial charge in [-0.15, -0.1) is 0 Å². The van der Waals surface area contributed by atoms with E-state index in [1.807, 2.05) is 20.8 Å². The molecule has 18 heavy (non-hydrogen) atoms. The highest BCUT2D eigenvalue weighted by molar-refractivity contribution is 5.82. The summed E-state index contributed by atoms with van der Waals surface area (Å²) in [6, 6.07) is 0.722. The molecule has 2 atom stereocenters. The fourth-order valence-electron chi connectivity index (χ4n) is 2.78. The lowest BCUT2D eigenvalue weighted by molar-refractivity contribution is -0.147. The quantitative estimate of drug-likeness (QED) is 0.663. The first kappa shape index (κ1) is 15.5. The van der Waals surface area contributed by atoms with Crippen LogP contribution in [0.4, 0.5) is 0 Å². The average molecular weight is 254 g/mol. The van der Waals surface area contributed by atoms with Gasteiger partial charge in [0.05, 0.1) is 0 Å². The van der Waals surface area contributed by atoms with Gasteiger partial charge in [0.2, 0.25) is 5.91 Å². The van der Waals surface area contributed by atoms with E-state index in [0.29, 0.717) is 12.1 Å². The topological polar surface area (TPSA) is 23.6 Å². The summed E-state index contributed by atoms with van der Waals surface area (Å²) in [4.78, 5) is 17.0. The molecule has 0 N–H and O–H groups in total. The van der Waals surface area contributed by atoms with Crippen molar-refractivity contribution < 1.29 is 4.79 Å². The summed E-state index contributed by atoms with van der Waals surface area (Å²) < 4.78 is 0. The van der Waals surface area contributed by atoms with Crippen molar-refractivity contribution in [2.45, 2.75) is 73.0 Å². The number of nitrogens with zero attached hydrogens (tertiary/aromatic N) is 2. The second-order valence-electron chi connectivity index (χ2n) is 7.73. The van der Waals surface area contributed by atoms with Crippen LogP contribution < -0.4 is 0 Å². The van der Waals surface area contributed by atoms with Crippen LogP contribution in [-0.4, -0.2) is 46.4 Å². The minimum atomic E-state index is -0.280. The van der Waals surface area contributed by atoms with Crippen molar-refractivity contribution in [1.82, 2.24) is 9.80 Å². The van der Waals surface area contributed by atoms with E-state index in [1.165, 1.54) is 0 Å². The van der Waals surface area contributed by atoms with E-state index >= 15 is 0 Å². The van der Waals surface area contributed by atoms with E-state index < -0.39 is 0 Å². The first-order valence-electron chi connectivity index (χ1n) is 7.02. The van der Waals surface area contributed by atoms with Crippen molar-refractivity contribution in [3.05, 3.63) is 0 Å². The lowest BCUT2D eigenvalue weighted by atomic mass is 9.91. The van der Waals surface area contributed by atoms with Gasteiger partial charge >= 0.3 is 0 Å². The Hall–Kier alpha value is -0.570. The highest BCUT2D eigenvalue weighted by atomic mass is 16.2. The van der Waals surface area contributed by atoms with Gasteiger partial charge in [-0.05, 0) is 34.6 Å². The summed E-state index contributed by atoms with van der Waals surface area (Å²) >= 11 is 0. The van der Waals surface area contributed by atoms with Gasteiger partial charge in [-0.2, -0.15) is 0 Å². The molecule has 1 aliphatic rings. The van der Waals surface area contributed by atoms with Crippen LogP contribution in [0.25, 0.3) is 0 Å². The molecular weight excluding hydrogens is 224 g/mol. The summed E-state index contributed by atoms with van der Waals surface area (Å²) in [6.45, 7) is 18.9. The molecule has 0 saturated carbocycles. The molecule has 1 rings (SSSR count). The minimum Gasteiger partial charge on any atom is -0.337 e. The Labute approximate surface area is 113 Å². The molecule has 0 aromatic rings. The maximum absolute atomic E-state index is 12.4. The number of piperazine rings is 1. The average Bonchev–Trinajstić information content (AvgIpc) is 2.16. The van der Waals surface area contributed by atoms with E-state index in [0.717, 1.165) is 13.1 Å². The van der Waals surface area contributed by atoms with E-state index in [9.17, 15) is 4.79 Å². The molecule has 0 radical (unpaired) electrons. The van der Waals surface area contributed by atoms with Gasteiger partial charge in [0, 0.05) is 36.1 Å². The van der Waals surface area contributed by atoms with E-state index in [1.54, 1.807) is 0 Å². The van der Waals surface area contributed by atoms with Crippen LogP contribution >= 0.6 is 0 Å². The number of hydrogen-bond donors (Lipinski definition) is 0. The molecule has 0 aliphatic carbocycles. The molecule has 1 heterocycles. The molecule has 3 nitrogen and oxygen atoms in total. The summed E-state index contributed by atoms with van der Waals surface area (Å²) in [7, 11) is 0. The largest absolute Gasteiger partial charge is 0.337 e. The molecule has 1 fully saturated rings. The van der Waals surface area contributed by atoms with Crippen LogP contribution in [0.3, 0.4) is 0 Å². The molecule has 0 spiro atoms. The van der Waals surface area contributed by atoms with Crippen molar-refractivity contribution in [2.24, 2.45) is 5.41 Å². The molecule has 106 valence electrons. The smallest absolute Gasteiger partial charge is 0.228 e. The van der Waals surface area contributed by atoms with Gasteiger partial charge < -0.3 is 4.90 Å². The molecule has 0 aromatic heterocycles. The third-order valence-electron chi connectivity index (χ3n) is 3.75. The number of carbonyl (C=O) groups is 1. The Morgan fingerprint density at radius 2 is 1.44 bits per heavy atom. The van der Waals surface area contributed by atoms with E-state index in [-0.39, 0.29) is 16.9 Å². The molecule has 1 aliphatic heterocycles. The van der Waals surface area contributed by atoms with Gasteiger partial charge in [0.1, 0.15) is 0 Å². The fourth-order valence-corrected chi connectivity index (χ4v) is 2.78. The second-order valence-corrected chi connectivity index (χ2v) is 7.73. The Morgan fingerprint density at radius 1 is 0.944 bits per heavy atom. The SMILES string of the molecule is CC1CN(C(C)(C)C)[C@H](C)CN1C(=O)C(C)(C)C. The van der Waals surface area contributed by atoms with Crippen LogP contribution in [0.15, 0.2) is 0 Å². The van der Waals surface area contributed by atoms with Crippen molar-refractivity contribution in [3.63, 3.8) is 0 Å². The lowest BCUT2D eigenvalue weighted by Gasteiger charge is -2.50. The third-order valence-corrected chi connectivity index (χ3v) is 3.75. The van der Waals surface area contributed by atoms with Crippen molar-refractivity contribution in [2.75, 3.05) is 13.1 Å².